The Labute approximate surface area is 415 Å². The van der Waals surface area contributed by atoms with Crippen molar-refractivity contribution in [2.45, 2.75) is 53.1 Å². The molecule has 1 saturated carbocycles. The summed E-state index contributed by atoms with van der Waals surface area (Å²) in [6.07, 6.45) is -1.42. The van der Waals surface area contributed by atoms with Gasteiger partial charge in [-0.25, -0.2) is 26.5 Å². The molecule has 1 saturated heterocycles. The number of carbonyl (C=O) groups excluding carboxylic acids is 1. The molecule has 9 rings (SSSR count). The summed E-state index contributed by atoms with van der Waals surface area (Å²) in [4.78, 5) is 31.0. The van der Waals surface area contributed by atoms with Crippen molar-refractivity contribution in [1.82, 2.24) is 18.9 Å². The zero-order valence-corrected chi connectivity index (χ0v) is 40.5. The quantitative estimate of drug-likeness (QED) is 0.0581. The minimum atomic E-state index is -3.85. The molecule has 4 N–H and O–H groups in total. The van der Waals surface area contributed by atoms with Crippen molar-refractivity contribution in [3.8, 4) is 28.5 Å². The molecule has 72 heavy (non-hydrogen) atoms. The minimum absolute atomic E-state index is 0.0358. The number of fused-ring (bicyclic) bond motifs is 2. The van der Waals surface area contributed by atoms with E-state index in [2.05, 4.69) is 36.4 Å². The number of nitrogens with zero attached hydrogens (tertiary/aromatic N) is 3. The van der Waals surface area contributed by atoms with Crippen molar-refractivity contribution >= 4 is 49.1 Å². The van der Waals surface area contributed by atoms with Crippen LogP contribution in [0.25, 0.3) is 17.0 Å². The van der Waals surface area contributed by atoms with Gasteiger partial charge in [0, 0.05) is 42.1 Å². The maximum Gasteiger partial charge on any atom is 0.586 e. The van der Waals surface area contributed by atoms with E-state index in [4.69, 9.17) is 14.2 Å². The third-order valence-corrected chi connectivity index (χ3v) is 16.3. The van der Waals surface area contributed by atoms with Crippen LogP contribution in [0.5, 0.6) is 17.2 Å². The number of halogens is 2. The van der Waals surface area contributed by atoms with Crippen LogP contribution in [0.2, 0.25) is 0 Å². The van der Waals surface area contributed by atoms with E-state index >= 15 is 0 Å². The summed E-state index contributed by atoms with van der Waals surface area (Å²) < 4.78 is 110. The lowest BCUT2D eigenvalue weighted by Crippen LogP contribution is -2.38. The largest absolute Gasteiger partial charge is 0.586 e. The molecule has 4 heterocycles. The van der Waals surface area contributed by atoms with E-state index in [0.717, 1.165) is 5.56 Å². The third-order valence-electron chi connectivity index (χ3n) is 12.9. The highest BCUT2D eigenvalue weighted by atomic mass is 32.2. The maximum atomic E-state index is 13.6. The Bertz CT molecular complexity index is 3060. The van der Waals surface area contributed by atoms with Gasteiger partial charge in [0.15, 0.2) is 11.5 Å². The van der Waals surface area contributed by atoms with E-state index in [1.54, 1.807) is 59.5 Å². The number of carbonyl (C=O) groups is 2. The number of benzene rings is 4. The van der Waals surface area contributed by atoms with Crippen molar-refractivity contribution < 1.29 is 64.0 Å². The third kappa shape index (κ3) is 11.3. The molecule has 1 amide bonds. The van der Waals surface area contributed by atoms with Gasteiger partial charge < -0.3 is 44.3 Å². The van der Waals surface area contributed by atoms with Gasteiger partial charge in [-0.1, -0.05) is 43.0 Å². The first-order valence-corrected chi connectivity index (χ1v) is 26.1. The summed E-state index contributed by atoms with van der Waals surface area (Å²) in [6, 6.07) is 28.1. The van der Waals surface area contributed by atoms with Crippen molar-refractivity contribution in [3.63, 3.8) is 0 Å². The summed E-state index contributed by atoms with van der Waals surface area (Å²) in [7, 11) is -7.59. The van der Waals surface area contributed by atoms with Crippen LogP contribution in [0.4, 0.5) is 20.3 Å². The fraction of sp³-hybridized carbons (Fsp3) is 0.340. The SMILES string of the molecule is C=C1c2ccc(S(=O)(=O)N3CCC(c4ccc(OCCOCCOCCNS(=O)(=O)c5ccc(-c6cccc(NC(=O)C7(c8ccc9c(c8)OC(F)(F)O9)CC7)n6)cc5)cc4)CC3)cc2NCN1CC(=O)O. The lowest BCUT2D eigenvalue weighted by atomic mass is 9.90. The number of carboxylic acids is 1. The number of rotatable bonds is 21. The van der Waals surface area contributed by atoms with Crippen LogP contribution < -0.4 is 29.6 Å². The van der Waals surface area contributed by atoms with Gasteiger partial charge in [-0.2, -0.15) is 4.31 Å². The highest BCUT2D eigenvalue weighted by Gasteiger charge is 2.53. The molecule has 2 fully saturated rings. The van der Waals surface area contributed by atoms with E-state index < -0.39 is 37.7 Å². The van der Waals surface area contributed by atoms with Crippen molar-refractivity contribution in [2.24, 2.45) is 0 Å². The summed E-state index contributed by atoms with van der Waals surface area (Å²) in [5, 5.41) is 15.1. The molecule has 380 valence electrons. The normalized spacial score (nSPS) is 17.2. The van der Waals surface area contributed by atoms with Gasteiger partial charge in [0.1, 0.15) is 24.7 Å². The molecular formula is C50H52F2N6O12S2. The number of aliphatic carboxylic acids is 1. The molecule has 4 aliphatic rings. The number of aromatic nitrogens is 1. The number of nitrogens with one attached hydrogen (secondary N) is 3. The van der Waals surface area contributed by atoms with Gasteiger partial charge in [-0.3, -0.25) is 9.59 Å². The second-order valence-corrected chi connectivity index (χ2v) is 21.3. The van der Waals surface area contributed by atoms with Crippen LogP contribution >= 0.6 is 0 Å². The van der Waals surface area contributed by atoms with Crippen molar-refractivity contribution in [1.29, 1.82) is 0 Å². The van der Waals surface area contributed by atoms with Crippen molar-refractivity contribution in [3.05, 3.63) is 126 Å². The van der Waals surface area contributed by atoms with Gasteiger partial charge >= 0.3 is 12.3 Å². The lowest BCUT2D eigenvalue weighted by Gasteiger charge is -2.34. The number of anilines is 2. The minimum Gasteiger partial charge on any atom is -0.491 e. The fourth-order valence-corrected chi connectivity index (χ4v) is 11.4. The van der Waals surface area contributed by atoms with Gasteiger partial charge in [0.05, 0.1) is 54.0 Å². The van der Waals surface area contributed by atoms with Crippen LogP contribution in [-0.4, -0.2) is 120 Å². The van der Waals surface area contributed by atoms with Crippen LogP contribution in [-0.2, 0) is 44.5 Å². The molecular weight excluding hydrogens is 979 g/mol. The molecule has 5 aromatic rings. The molecule has 1 aromatic heterocycles. The maximum absolute atomic E-state index is 13.6. The van der Waals surface area contributed by atoms with Gasteiger partial charge in [0.25, 0.3) is 0 Å². The Morgan fingerprint density at radius 3 is 2.25 bits per heavy atom. The summed E-state index contributed by atoms with van der Waals surface area (Å²) >= 11 is 0. The number of sulfonamides is 2. The van der Waals surface area contributed by atoms with E-state index in [1.165, 1.54) is 28.6 Å². The molecule has 18 nitrogen and oxygen atoms in total. The van der Waals surface area contributed by atoms with E-state index in [-0.39, 0.29) is 78.5 Å². The van der Waals surface area contributed by atoms with Gasteiger partial charge in [-0.15, -0.1) is 8.78 Å². The predicted molar refractivity (Wildman–Crippen MR) is 260 cm³/mol. The predicted octanol–water partition coefficient (Wildman–Crippen LogP) is 6.44. The second kappa shape index (κ2) is 20.8. The monoisotopic (exact) mass is 1030 g/mol. The van der Waals surface area contributed by atoms with E-state index in [9.17, 15) is 40.3 Å². The topological polar surface area (TPSA) is 224 Å². The van der Waals surface area contributed by atoms with Crippen LogP contribution in [0.1, 0.15) is 48.3 Å². The Kier molecular flexibility index (Phi) is 14.5. The van der Waals surface area contributed by atoms with Crippen LogP contribution in [0, 0.1) is 0 Å². The average Bonchev–Trinajstić information content (AvgIpc) is 4.12. The Balaban J connectivity index is 0.641. The molecule has 0 spiro atoms. The van der Waals surface area contributed by atoms with Crippen molar-refractivity contribution in [2.75, 3.05) is 76.5 Å². The number of ether oxygens (including phenoxy) is 5. The first kappa shape index (κ1) is 50.3. The van der Waals surface area contributed by atoms with Gasteiger partial charge in [-0.05, 0) is 109 Å². The van der Waals surface area contributed by atoms with Crippen LogP contribution in [0.15, 0.2) is 119 Å². The molecule has 0 unspecified atom stereocenters. The number of piperidine rings is 1. The first-order valence-electron chi connectivity index (χ1n) is 23.2. The molecule has 3 aliphatic heterocycles. The first-order chi connectivity index (χ1) is 34.5. The highest BCUT2D eigenvalue weighted by molar-refractivity contribution is 7.89. The van der Waals surface area contributed by atoms with E-state index in [0.29, 0.717) is 91.5 Å². The lowest BCUT2D eigenvalue weighted by molar-refractivity contribution is -0.286. The molecule has 0 bridgehead atoms. The summed E-state index contributed by atoms with van der Waals surface area (Å²) in [5.41, 5.74) is 3.59. The molecule has 0 radical (unpaired) electrons. The fourth-order valence-electron chi connectivity index (χ4n) is 8.85. The molecule has 1 aliphatic carbocycles. The molecule has 4 aromatic carbocycles. The Morgan fingerprint density at radius 2 is 1.53 bits per heavy atom. The molecule has 22 heteroatoms. The zero-order chi connectivity index (χ0) is 50.7. The number of amides is 1. The average molecular weight is 1030 g/mol. The second-order valence-electron chi connectivity index (χ2n) is 17.6. The van der Waals surface area contributed by atoms with E-state index in [1.807, 2.05) is 24.3 Å². The number of pyridine rings is 1. The summed E-state index contributed by atoms with van der Waals surface area (Å²) in [5.74, 6) is -0.429. The highest BCUT2D eigenvalue weighted by Crippen LogP contribution is 2.52. The Hall–Kier alpha value is -6.69. The standard InChI is InChI=1S/C50H52F2N6O12S2/c1-33-41-15-14-40(30-43(41)53-32-57(33)31-47(59)60)72(64,65)58-22-17-35(18-23-58)34-5-10-38(11-6-34)68-28-27-67-26-25-66-24-21-54-71(62,63)39-12-7-36(8-13-39)42-3-2-4-46(55-42)56-48(61)49(19-20-49)37-9-16-44-45(29-37)70-50(51,52)69-44/h2-16,29-30,35,53-54H,1,17-28,31-32H2,(H,59,60)(H,55,56,61). The zero-order valence-electron chi connectivity index (χ0n) is 38.9. The smallest absolute Gasteiger partial charge is 0.491 e. The van der Waals surface area contributed by atoms with Gasteiger partial charge in [0.2, 0.25) is 26.0 Å². The summed E-state index contributed by atoms with van der Waals surface area (Å²) in [6.45, 7) is 6.03. The Morgan fingerprint density at radius 1 is 0.833 bits per heavy atom. The molecule has 0 atom stereocenters. The number of hydrogen-bond donors (Lipinski definition) is 4. The number of hydrogen-bond acceptors (Lipinski definition) is 14. The number of carboxylic acid groups (broad SMARTS) is 1. The van der Waals surface area contributed by atoms with Crippen LogP contribution in [0.3, 0.4) is 0 Å². The number of alkyl halides is 2.